The molecule has 0 aliphatic carbocycles. The van der Waals surface area contributed by atoms with E-state index in [2.05, 4.69) is 26.0 Å². The highest BCUT2D eigenvalue weighted by Crippen LogP contribution is 2.11. The summed E-state index contributed by atoms with van der Waals surface area (Å²) in [5, 5.41) is 8.84. The molecule has 1 heteroatoms. The molecule has 1 radical (unpaired) electrons. The van der Waals surface area contributed by atoms with Crippen molar-refractivity contribution >= 4 is 0 Å². The maximum Gasteiger partial charge on any atom is 0.0681 e. The largest absolute Gasteiger partial charge is 0.392 e. The maximum atomic E-state index is 8.84. The Balaban J connectivity index is 2.49. The van der Waals surface area contributed by atoms with Crippen LogP contribution in [-0.4, -0.2) is 5.11 Å². The van der Waals surface area contributed by atoms with Crippen LogP contribution in [0.4, 0.5) is 0 Å². The lowest BCUT2D eigenvalue weighted by Gasteiger charge is -2.04. The van der Waals surface area contributed by atoms with Gasteiger partial charge < -0.3 is 5.11 Å². The molecule has 1 rings (SSSR count). The van der Waals surface area contributed by atoms with Crippen LogP contribution in [0.15, 0.2) is 24.3 Å². The van der Waals surface area contributed by atoms with Crippen molar-refractivity contribution in [2.45, 2.75) is 33.3 Å². The Morgan fingerprint density at radius 3 is 2.08 bits per heavy atom. The van der Waals surface area contributed by atoms with Gasteiger partial charge >= 0.3 is 0 Å². The smallest absolute Gasteiger partial charge is 0.0681 e. The van der Waals surface area contributed by atoms with Crippen LogP contribution in [0.3, 0.4) is 0 Å². The predicted molar refractivity (Wildman–Crippen MR) is 55.3 cm³/mol. The van der Waals surface area contributed by atoms with E-state index in [0.717, 1.165) is 18.4 Å². The van der Waals surface area contributed by atoms with Gasteiger partial charge in [-0.3, -0.25) is 0 Å². The lowest BCUT2D eigenvalue weighted by Crippen LogP contribution is -1.91. The Kier molecular flexibility index (Phi) is 3.97. The molecular weight excluding hydrogens is 160 g/mol. The first-order valence-corrected chi connectivity index (χ1v) is 4.70. The number of aliphatic hydroxyl groups excluding tert-OH is 1. The molecule has 0 spiro atoms. The number of hydrogen-bond donors (Lipinski definition) is 1. The topological polar surface area (TPSA) is 20.2 Å². The fourth-order valence-corrected chi connectivity index (χ4v) is 1.21. The Labute approximate surface area is 80.4 Å². The van der Waals surface area contributed by atoms with Crippen molar-refractivity contribution in [3.05, 3.63) is 41.3 Å². The molecule has 0 amide bonds. The lowest BCUT2D eigenvalue weighted by molar-refractivity contribution is 0.282. The first kappa shape index (κ1) is 10.3. The van der Waals surface area contributed by atoms with Gasteiger partial charge in [0, 0.05) is 0 Å². The van der Waals surface area contributed by atoms with Gasteiger partial charge in [0.2, 0.25) is 0 Å². The summed E-state index contributed by atoms with van der Waals surface area (Å²) in [6, 6.07) is 8.16. The van der Waals surface area contributed by atoms with Crippen LogP contribution in [0.1, 0.15) is 31.4 Å². The third-order valence-corrected chi connectivity index (χ3v) is 2.12. The third-order valence-electron chi connectivity index (χ3n) is 2.12. The molecule has 0 aliphatic rings. The number of rotatable bonds is 4. The van der Waals surface area contributed by atoms with Gasteiger partial charge in [0.1, 0.15) is 0 Å². The standard InChI is InChI=1S/C12H17O/c1-10(2)3-4-11-5-7-12(9-13)8-6-11/h5-8,13H,3-4,9H2,1-2H3. The minimum absolute atomic E-state index is 0.138. The van der Waals surface area contributed by atoms with E-state index in [1.54, 1.807) is 0 Å². The van der Waals surface area contributed by atoms with Crippen molar-refractivity contribution in [2.75, 3.05) is 0 Å². The zero-order chi connectivity index (χ0) is 9.68. The van der Waals surface area contributed by atoms with Gasteiger partial charge in [0.05, 0.1) is 6.61 Å². The summed E-state index contributed by atoms with van der Waals surface area (Å²) < 4.78 is 0. The van der Waals surface area contributed by atoms with Crippen molar-refractivity contribution in [3.8, 4) is 0 Å². The predicted octanol–water partition coefficient (Wildman–Crippen LogP) is 2.73. The third kappa shape index (κ3) is 3.60. The van der Waals surface area contributed by atoms with Crippen LogP contribution in [-0.2, 0) is 13.0 Å². The average molecular weight is 177 g/mol. The van der Waals surface area contributed by atoms with Crippen molar-refractivity contribution < 1.29 is 5.11 Å². The Morgan fingerprint density at radius 2 is 1.62 bits per heavy atom. The zero-order valence-corrected chi connectivity index (χ0v) is 8.38. The second kappa shape index (κ2) is 5.03. The van der Waals surface area contributed by atoms with E-state index in [1.165, 1.54) is 11.5 Å². The molecule has 0 fully saturated rings. The molecule has 0 aliphatic heterocycles. The fraction of sp³-hybridized carbons (Fsp3) is 0.417. The molecule has 71 valence electrons. The monoisotopic (exact) mass is 177 g/mol. The van der Waals surface area contributed by atoms with E-state index in [0.29, 0.717) is 0 Å². The second-order valence-electron chi connectivity index (χ2n) is 3.68. The molecule has 1 nitrogen and oxygen atoms in total. The Bertz CT molecular complexity index is 236. The second-order valence-corrected chi connectivity index (χ2v) is 3.68. The summed E-state index contributed by atoms with van der Waals surface area (Å²) in [6.07, 6.45) is 2.26. The zero-order valence-electron chi connectivity index (χ0n) is 8.38. The molecular formula is C12H17O. The van der Waals surface area contributed by atoms with Gasteiger partial charge in [-0.05, 0) is 29.9 Å². The molecule has 0 aromatic heterocycles. The van der Waals surface area contributed by atoms with E-state index >= 15 is 0 Å². The molecule has 1 aromatic rings. The minimum Gasteiger partial charge on any atom is -0.392 e. The Hall–Kier alpha value is -0.820. The molecule has 0 bridgehead atoms. The van der Waals surface area contributed by atoms with E-state index < -0.39 is 0 Å². The van der Waals surface area contributed by atoms with Crippen LogP contribution in [0.5, 0.6) is 0 Å². The first-order chi connectivity index (χ1) is 6.22. The van der Waals surface area contributed by atoms with E-state index in [9.17, 15) is 0 Å². The Morgan fingerprint density at radius 1 is 1.08 bits per heavy atom. The highest BCUT2D eigenvalue weighted by atomic mass is 16.3. The molecule has 0 saturated heterocycles. The summed E-state index contributed by atoms with van der Waals surface area (Å²) in [5.41, 5.74) is 2.33. The van der Waals surface area contributed by atoms with Gasteiger partial charge in [0.15, 0.2) is 0 Å². The highest BCUT2D eigenvalue weighted by molar-refractivity contribution is 5.22. The van der Waals surface area contributed by atoms with Crippen LogP contribution in [0.2, 0.25) is 0 Å². The SMILES string of the molecule is C[C](C)CCc1ccc(CO)cc1. The van der Waals surface area contributed by atoms with E-state index in [-0.39, 0.29) is 6.61 Å². The molecule has 0 unspecified atom stereocenters. The maximum absolute atomic E-state index is 8.84. The summed E-state index contributed by atoms with van der Waals surface area (Å²) >= 11 is 0. The van der Waals surface area contributed by atoms with Crippen LogP contribution in [0.25, 0.3) is 0 Å². The number of aryl methyl sites for hydroxylation is 1. The summed E-state index contributed by atoms with van der Waals surface area (Å²) in [4.78, 5) is 0. The van der Waals surface area contributed by atoms with Gasteiger partial charge in [0.25, 0.3) is 0 Å². The molecule has 1 aromatic carbocycles. The van der Waals surface area contributed by atoms with Crippen molar-refractivity contribution in [1.29, 1.82) is 0 Å². The number of hydrogen-bond acceptors (Lipinski definition) is 1. The first-order valence-electron chi connectivity index (χ1n) is 4.70. The molecule has 13 heavy (non-hydrogen) atoms. The summed E-state index contributed by atoms with van der Waals surface area (Å²) in [5.74, 6) is 1.46. The van der Waals surface area contributed by atoms with Crippen LogP contribution < -0.4 is 0 Å². The fourth-order valence-electron chi connectivity index (χ4n) is 1.21. The van der Waals surface area contributed by atoms with Crippen LogP contribution >= 0.6 is 0 Å². The van der Waals surface area contributed by atoms with Crippen molar-refractivity contribution in [1.82, 2.24) is 0 Å². The number of benzene rings is 1. The molecule has 0 heterocycles. The molecule has 1 N–H and O–H groups in total. The lowest BCUT2D eigenvalue weighted by atomic mass is 10.0. The van der Waals surface area contributed by atoms with Crippen molar-refractivity contribution in [3.63, 3.8) is 0 Å². The summed E-state index contributed by atoms with van der Waals surface area (Å²) in [7, 11) is 0. The number of aliphatic hydroxyl groups is 1. The summed E-state index contributed by atoms with van der Waals surface area (Å²) in [6.45, 7) is 4.45. The van der Waals surface area contributed by atoms with Crippen molar-refractivity contribution in [2.24, 2.45) is 0 Å². The average Bonchev–Trinajstić information content (AvgIpc) is 2.15. The highest BCUT2D eigenvalue weighted by Gasteiger charge is 1.97. The minimum atomic E-state index is 0.138. The normalized spacial score (nSPS) is 10.8. The van der Waals surface area contributed by atoms with Gasteiger partial charge in [-0.2, -0.15) is 0 Å². The van der Waals surface area contributed by atoms with Gasteiger partial charge in [-0.15, -0.1) is 0 Å². The van der Waals surface area contributed by atoms with Gasteiger partial charge in [-0.25, -0.2) is 0 Å². The van der Waals surface area contributed by atoms with E-state index in [4.69, 9.17) is 5.11 Å². The molecule has 0 atom stereocenters. The molecule has 0 saturated carbocycles. The van der Waals surface area contributed by atoms with E-state index in [1.807, 2.05) is 12.1 Å². The van der Waals surface area contributed by atoms with Crippen LogP contribution in [0, 0.1) is 5.92 Å². The quantitative estimate of drug-likeness (QED) is 0.749. The van der Waals surface area contributed by atoms with Gasteiger partial charge in [-0.1, -0.05) is 38.1 Å².